The van der Waals surface area contributed by atoms with Gasteiger partial charge in [-0.05, 0) is 56.5 Å². The van der Waals surface area contributed by atoms with Crippen molar-refractivity contribution in [2.75, 3.05) is 26.7 Å². The standard InChI is InChI=1S/C25H33N3O2/c1-5-8-12-23(29)28-16-17-14-22-20(19-10-9-11-21(28)24(17)19)13-18(15-26(22)4)25(30)27(6-2)7-3/h9-11,13,16,18,22H,5-8,12,14-15H2,1-4H3/t18-,22-/m1/s1. The molecule has 5 heteroatoms. The number of amides is 1. The average molecular weight is 408 g/mol. The number of fused-ring (bicyclic) bond motifs is 2. The molecule has 0 unspecified atom stereocenters. The van der Waals surface area contributed by atoms with Crippen LogP contribution >= 0.6 is 0 Å². The zero-order valence-corrected chi connectivity index (χ0v) is 18.6. The Bertz CT molecular complexity index is 999. The Hall–Kier alpha value is -2.40. The maximum atomic E-state index is 13.1. The van der Waals surface area contributed by atoms with Crippen LogP contribution in [0.15, 0.2) is 30.5 Å². The van der Waals surface area contributed by atoms with Crippen LogP contribution in [0, 0.1) is 5.92 Å². The first-order valence-electron chi connectivity index (χ1n) is 11.4. The molecule has 1 aliphatic carbocycles. The number of hydrogen-bond acceptors (Lipinski definition) is 3. The van der Waals surface area contributed by atoms with E-state index in [-0.39, 0.29) is 23.8 Å². The molecule has 0 bridgehead atoms. The molecule has 0 spiro atoms. The number of carbonyl (C=O) groups excluding carboxylic acids is 2. The number of likely N-dealkylation sites (N-methyl/N-ethyl adjacent to an activating group) is 1. The van der Waals surface area contributed by atoms with Crippen LogP contribution in [-0.4, -0.2) is 58.9 Å². The monoisotopic (exact) mass is 407 g/mol. The van der Waals surface area contributed by atoms with Crippen molar-refractivity contribution in [1.82, 2.24) is 14.4 Å². The van der Waals surface area contributed by atoms with Crippen molar-refractivity contribution in [3.8, 4) is 0 Å². The lowest BCUT2D eigenvalue weighted by Crippen LogP contribution is -2.47. The predicted octanol–water partition coefficient (Wildman–Crippen LogP) is 4.21. The highest BCUT2D eigenvalue weighted by Crippen LogP contribution is 2.42. The summed E-state index contributed by atoms with van der Waals surface area (Å²) < 4.78 is 1.86. The summed E-state index contributed by atoms with van der Waals surface area (Å²) in [5, 5.41) is 1.19. The summed E-state index contributed by atoms with van der Waals surface area (Å²) in [7, 11) is 2.12. The fourth-order valence-electron chi connectivity index (χ4n) is 5.14. The lowest BCUT2D eigenvalue weighted by Gasteiger charge is -2.40. The van der Waals surface area contributed by atoms with Crippen molar-refractivity contribution < 1.29 is 9.59 Å². The molecule has 0 fully saturated rings. The summed E-state index contributed by atoms with van der Waals surface area (Å²) in [5.41, 5.74) is 4.67. The van der Waals surface area contributed by atoms with Crippen LogP contribution in [0.4, 0.5) is 0 Å². The van der Waals surface area contributed by atoms with Crippen LogP contribution in [0.2, 0.25) is 0 Å². The molecule has 2 atom stereocenters. The molecule has 0 N–H and O–H groups in total. The van der Waals surface area contributed by atoms with Gasteiger partial charge < -0.3 is 4.90 Å². The van der Waals surface area contributed by atoms with Crippen molar-refractivity contribution in [3.05, 3.63) is 41.6 Å². The third-order valence-corrected chi connectivity index (χ3v) is 6.79. The Balaban J connectivity index is 1.78. The van der Waals surface area contributed by atoms with Gasteiger partial charge >= 0.3 is 0 Å². The van der Waals surface area contributed by atoms with Gasteiger partial charge in [-0.15, -0.1) is 0 Å². The van der Waals surface area contributed by atoms with E-state index in [4.69, 9.17) is 0 Å². The molecule has 5 nitrogen and oxygen atoms in total. The van der Waals surface area contributed by atoms with Gasteiger partial charge in [-0.25, -0.2) is 0 Å². The fraction of sp³-hybridized carbons (Fsp3) is 0.520. The Kier molecular flexibility index (Phi) is 5.83. The minimum absolute atomic E-state index is 0.119. The molecule has 30 heavy (non-hydrogen) atoms. The molecule has 2 aliphatic rings. The summed E-state index contributed by atoms with van der Waals surface area (Å²) in [6.45, 7) is 8.41. The number of aromatic nitrogens is 1. The number of rotatable bonds is 6. The number of carbonyl (C=O) groups is 2. The molecule has 0 radical (unpaired) electrons. The van der Waals surface area contributed by atoms with E-state index in [1.165, 1.54) is 22.1 Å². The largest absolute Gasteiger partial charge is 0.343 e. The first-order chi connectivity index (χ1) is 14.5. The van der Waals surface area contributed by atoms with E-state index in [1.54, 1.807) is 0 Å². The fourth-order valence-corrected chi connectivity index (χ4v) is 5.14. The van der Waals surface area contributed by atoms with Gasteiger partial charge in [0.15, 0.2) is 0 Å². The maximum Gasteiger partial charge on any atom is 0.231 e. The molecule has 1 amide bonds. The van der Waals surface area contributed by atoms with Crippen molar-refractivity contribution >= 4 is 28.3 Å². The van der Waals surface area contributed by atoms with Crippen LogP contribution in [0.5, 0.6) is 0 Å². The lowest BCUT2D eigenvalue weighted by atomic mass is 9.79. The molecule has 1 aromatic heterocycles. The second-order valence-electron chi connectivity index (χ2n) is 8.62. The quantitative estimate of drug-likeness (QED) is 0.721. The van der Waals surface area contributed by atoms with Gasteiger partial charge in [-0.3, -0.25) is 19.1 Å². The average Bonchev–Trinajstić information content (AvgIpc) is 3.13. The Labute approximate surface area is 179 Å². The summed E-state index contributed by atoms with van der Waals surface area (Å²) in [5.74, 6) is 0.265. The zero-order chi connectivity index (χ0) is 21.4. The molecule has 2 aromatic rings. The highest BCUT2D eigenvalue weighted by molar-refractivity contribution is 6.03. The van der Waals surface area contributed by atoms with Gasteiger partial charge in [0.2, 0.25) is 11.8 Å². The Morgan fingerprint density at radius 1 is 1.17 bits per heavy atom. The summed E-state index contributed by atoms with van der Waals surface area (Å²) >= 11 is 0. The van der Waals surface area contributed by atoms with Crippen LogP contribution in [0.25, 0.3) is 16.5 Å². The molecule has 1 aliphatic heterocycles. The van der Waals surface area contributed by atoms with Gasteiger partial charge in [-0.1, -0.05) is 31.6 Å². The van der Waals surface area contributed by atoms with E-state index in [0.29, 0.717) is 6.42 Å². The normalized spacial score (nSPS) is 20.7. The molecule has 1 aromatic carbocycles. The highest BCUT2D eigenvalue weighted by Gasteiger charge is 2.37. The van der Waals surface area contributed by atoms with Crippen LogP contribution < -0.4 is 0 Å². The minimum atomic E-state index is -0.119. The molecule has 4 rings (SSSR count). The van der Waals surface area contributed by atoms with Gasteiger partial charge in [0.1, 0.15) is 0 Å². The highest BCUT2D eigenvalue weighted by atomic mass is 16.2. The Morgan fingerprint density at radius 3 is 2.63 bits per heavy atom. The van der Waals surface area contributed by atoms with Crippen molar-refractivity contribution in [3.63, 3.8) is 0 Å². The maximum absolute atomic E-state index is 13.1. The van der Waals surface area contributed by atoms with Crippen molar-refractivity contribution in [2.24, 2.45) is 5.92 Å². The van der Waals surface area contributed by atoms with Crippen LogP contribution in [0.1, 0.15) is 56.0 Å². The Morgan fingerprint density at radius 2 is 1.93 bits per heavy atom. The van der Waals surface area contributed by atoms with Gasteiger partial charge in [0.25, 0.3) is 0 Å². The lowest BCUT2D eigenvalue weighted by molar-refractivity contribution is -0.134. The van der Waals surface area contributed by atoms with E-state index in [9.17, 15) is 9.59 Å². The molecular formula is C25H33N3O2. The predicted molar refractivity (Wildman–Crippen MR) is 122 cm³/mol. The zero-order valence-electron chi connectivity index (χ0n) is 18.6. The molecule has 0 saturated heterocycles. The molecule has 160 valence electrons. The molecule has 2 heterocycles. The smallest absolute Gasteiger partial charge is 0.231 e. The van der Waals surface area contributed by atoms with E-state index in [1.807, 2.05) is 29.4 Å². The second-order valence-corrected chi connectivity index (χ2v) is 8.62. The number of unbranched alkanes of at least 4 members (excludes halogenated alkanes) is 1. The summed E-state index contributed by atoms with van der Waals surface area (Å²) in [4.78, 5) is 30.1. The third-order valence-electron chi connectivity index (χ3n) is 6.79. The first-order valence-corrected chi connectivity index (χ1v) is 11.4. The number of benzene rings is 1. The minimum Gasteiger partial charge on any atom is -0.343 e. The summed E-state index contributed by atoms with van der Waals surface area (Å²) in [6, 6.07) is 6.51. The van der Waals surface area contributed by atoms with Gasteiger partial charge in [0, 0.05) is 43.7 Å². The van der Waals surface area contributed by atoms with Gasteiger partial charge in [0.05, 0.1) is 11.4 Å². The summed E-state index contributed by atoms with van der Waals surface area (Å²) in [6.07, 6.45) is 7.67. The van der Waals surface area contributed by atoms with Crippen LogP contribution in [-0.2, 0) is 11.2 Å². The SMILES string of the molecule is CCCCC(=O)n1cc2c3c(cccc31)C1=C[C@@H](C(=O)N(CC)CC)CN(C)[C@@H]1C2. The second kappa shape index (κ2) is 8.38. The van der Waals surface area contributed by atoms with Crippen LogP contribution in [0.3, 0.4) is 0 Å². The number of hydrogen-bond donors (Lipinski definition) is 0. The number of nitrogens with zero attached hydrogens (tertiary/aromatic N) is 3. The van der Waals surface area contributed by atoms with Gasteiger partial charge in [-0.2, -0.15) is 0 Å². The van der Waals surface area contributed by atoms with E-state index < -0.39 is 0 Å². The van der Waals surface area contributed by atoms with E-state index in [0.717, 1.165) is 44.4 Å². The van der Waals surface area contributed by atoms with Crippen molar-refractivity contribution in [1.29, 1.82) is 0 Å². The topological polar surface area (TPSA) is 45.6 Å². The van der Waals surface area contributed by atoms with Crippen molar-refractivity contribution in [2.45, 2.75) is 52.5 Å². The first kappa shape index (κ1) is 20.9. The third kappa shape index (κ3) is 3.39. The molecule has 0 saturated carbocycles. The molecular weight excluding hydrogens is 374 g/mol. The van der Waals surface area contributed by atoms with E-state index in [2.05, 4.69) is 43.3 Å². The van der Waals surface area contributed by atoms with E-state index >= 15 is 0 Å².